The van der Waals surface area contributed by atoms with E-state index in [4.69, 9.17) is 0 Å². The summed E-state index contributed by atoms with van der Waals surface area (Å²) in [6.07, 6.45) is 5.16. The molecule has 0 unspecified atom stereocenters. The van der Waals surface area contributed by atoms with Gasteiger partial charge in [0, 0.05) is 19.6 Å². The molecule has 6 heteroatoms. The molecule has 2 aliphatic heterocycles. The Balaban J connectivity index is 1.75. The smallest absolute Gasteiger partial charge is 0.301 e. The Labute approximate surface area is 126 Å². The lowest BCUT2D eigenvalue weighted by molar-refractivity contribution is 0.427. The van der Waals surface area contributed by atoms with Crippen molar-refractivity contribution in [3.8, 4) is 0 Å². The second kappa shape index (κ2) is 6.34. The second-order valence-corrected chi connectivity index (χ2v) is 7.50. The summed E-state index contributed by atoms with van der Waals surface area (Å²) in [5.74, 6) is 0. The van der Waals surface area contributed by atoms with E-state index in [-0.39, 0.29) is 0 Å². The number of anilines is 1. The van der Waals surface area contributed by atoms with Crippen LogP contribution in [0.5, 0.6) is 0 Å². The second-order valence-electron chi connectivity index (χ2n) is 5.83. The number of benzene rings is 1. The minimum Gasteiger partial charge on any atom is -0.312 e. The maximum Gasteiger partial charge on any atom is 0.301 e. The van der Waals surface area contributed by atoms with E-state index in [9.17, 15) is 8.42 Å². The molecule has 0 amide bonds. The van der Waals surface area contributed by atoms with Gasteiger partial charge in [-0.25, -0.2) is 0 Å². The molecule has 1 saturated heterocycles. The van der Waals surface area contributed by atoms with Crippen molar-refractivity contribution in [2.45, 2.75) is 38.6 Å². The molecule has 0 saturated carbocycles. The molecule has 2 heterocycles. The molecular weight excluding hydrogens is 286 g/mol. The van der Waals surface area contributed by atoms with E-state index >= 15 is 0 Å². The van der Waals surface area contributed by atoms with Gasteiger partial charge in [-0.1, -0.05) is 18.9 Å². The lowest BCUT2D eigenvalue weighted by Crippen LogP contribution is -2.36. The minimum atomic E-state index is -3.42. The quantitative estimate of drug-likeness (QED) is 0.896. The zero-order valence-corrected chi connectivity index (χ0v) is 13.1. The van der Waals surface area contributed by atoms with Gasteiger partial charge in [0.2, 0.25) is 0 Å². The van der Waals surface area contributed by atoms with Crippen LogP contribution >= 0.6 is 0 Å². The summed E-state index contributed by atoms with van der Waals surface area (Å²) in [6, 6.07) is 5.87. The highest BCUT2D eigenvalue weighted by Gasteiger charge is 2.23. The third-order valence-corrected chi connectivity index (χ3v) is 5.78. The van der Waals surface area contributed by atoms with Gasteiger partial charge in [0.05, 0.1) is 5.69 Å². The van der Waals surface area contributed by atoms with Gasteiger partial charge in [-0.15, -0.1) is 0 Å². The van der Waals surface area contributed by atoms with E-state index in [0.717, 1.165) is 45.2 Å². The van der Waals surface area contributed by atoms with Crippen molar-refractivity contribution in [3.63, 3.8) is 0 Å². The standard InChI is InChI=1S/C15H23N3O2S/c19-21(20,18-9-3-1-2-4-10-18)17-15-6-5-13-7-8-16-12-14(13)11-15/h5-6,11,16-17H,1-4,7-10,12H2. The molecular formula is C15H23N3O2S. The molecule has 2 N–H and O–H groups in total. The van der Waals surface area contributed by atoms with Crippen LogP contribution in [-0.2, 0) is 23.2 Å². The van der Waals surface area contributed by atoms with Crippen LogP contribution in [0.15, 0.2) is 18.2 Å². The Morgan fingerprint density at radius 1 is 1.05 bits per heavy atom. The van der Waals surface area contributed by atoms with E-state index < -0.39 is 10.2 Å². The lowest BCUT2D eigenvalue weighted by Gasteiger charge is -2.22. The first kappa shape index (κ1) is 14.8. The van der Waals surface area contributed by atoms with E-state index in [1.54, 1.807) is 4.31 Å². The molecule has 1 fully saturated rings. The lowest BCUT2D eigenvalue weighted by atomic mass is 10.0. The van der Waals surface area contributed by atoms with Crippen molar-refractivity contribution in [2.75, 3.05) is 24.4 Å². The fourth-order valence-electron chi connectivity index (χ4n) is 3.04. The van der Waals surface area contributed by atoms with Gasteiger partial charge >= 0.3 is 10.2 Å². The largest absolute Gasteiger partial charge is 0.312 e. The Kier molecular flexibility index (Phi) is 4.47. The molecule has 1 aromatic carbocycles. The van der Waals surface area contributed by atoms with Crippen molar-refractivity contribution in [2.24, 2.45) is 0 Å². The van der Waals surface area contributed by atoms with Crippen molar-refractivity contribution < 1.29 is 8.42 Å². The van der Waals surface area contributed by atoms with E-state index in [1.165, 1.54) is 11.1 Å². The third-order valence-electron chi connectivity index (χ3n) is 4.24. The first-order valence-corrected chi connectivity index (χ1v) is 9.19. The molecule has 0 bridgehead atoms. The summed E-state index contributed by atoms with van der Waals surface area (Å²) < 4.78 is 29.3. The van der Waals surface area contributed by atoms with Crippen molar-refractivity contribution in [3.05, 3.63) is 29.3 Å². The zero-order chi connectivity index (χ0) is 14.7. The molecule has 2 aliphatic rings. The van der Waals surface area contributed by atoms with Crippen LogP contribution in [0.1, 0.15) is 36.8 Å². The maximum absolute atomic E-state index is 12.5. The Bertz CT molecular complexity index is 593. The molecule has 0 aromatic heterocycles. The fraction of sp³-hybridized carbons (Fsp3) is 0.600. The predicted octanol–water partition coefficient (Wildman–Crippen LogP) is 1.86. The van der Waals surface area contributed by atoms with Gasteiger partial charge in [-0.05, 0) is 49.1 Å². The van der Waals surface area contributed by atoms with Crippen LogP contribution in [0.3, 0.4) is 0 Å². The number of hydrogen-bond donors (Lipinski definition) is 2. The molecule has 5 nitrogen and oxygen atoms in total. The maximum atomic E-state index is 12.5. The number of hydrogen-bond acceptors (Lipinski definition) is 3. The first-order chi connectivity index (χ1) is 10.1. The summed E-state index contributed by atoms with van der Waals surface area (Å²) in [7, 11) is -3.42. The Morgan fingerprint density at radius 3 is 2.57 bits per heavy atom. The summed E-state index contributed by atoms with van der Waals surface area (Å²) in [4.78, 5) is 0. The summed E-state index contributed by atoms with van der Waals surface area (Å²) in [6.45, 7) is 3.06. The van der Waals surface area contributed by atoms with E-state index in [1.807, 2.05) is 18.2 Å². The highest BCUT2D eigenvalue weighted by Crippen LogP contribution is 2.21. The molecule has 21 heavy (non-hydrogen) atoms. The van der Waals surface area contributed by atoms with Gasteiger partial charge in [0.25, 0.3) is 0 Å². The van der Waals surface area contributed by atoms with Crippen molar-refractivity contribution in [1.29, 1.82) is 0 Å². The van der Waals surface area contributed by atoms with E-state index in [0.29, 0.717) is 18.8 Å². The molecule has 0 spiro atoms. The summed E-state index contributed by atoms with van der Waals surface area (Å²) in [5.41, 5.74) is 3.17. The Morgan fingerprint density at radius 2 is 1.81 bits per heavy atom. The molecule has 1 aromatic rings. The monoisotopic (exact) mass is 309 g/mol. The highest BCUT2D eigenvalue weighted by molar-refractivity contribution is 7.90. The van der Waals surface area contributed by atoms with Gasteiger partial charge in [-0.2, -0.15) is 12.7 Å². The average Bonchev–Trinajstić information content (AvgIpc) is 2.76. The average molecular weight is 309 g/mol. The predicted molar refractivity (Wildman–Crippen MR) is 84.4 cm³/mol. The van der Waals surface area contributed by atoms with Gasteiger partial charge < -0.3 is 5.32 Å². The van der Waals surface area contributed by atoms with E-state index in [2.05, 4.69) is 10.0 Å². The van der Waals surface area contributed by atoms with Gasteiger partial charge in [0.1, 0.15) is 0 Å². The SMILES string of the molecule is O=S(=O)(Nc1ccc2c(c1)CNCC2)N1CCCCCC1. The van der Waals surface area contributed by atoms with Crippen LogP contribution in [0, 0.1) is 0 Å². The van der Waals surface area contributed by atoms with Crippen molar-refractivity contribution >= 4 is 15.9 Å². The third kappa shape index (κ3) is 3.56. The highest BCUT2D eigenvalue weighted by atomic mass is 32.2. The summed E-state index contributed by atoms with van der Waals surface area (Å²) in [5, 5.41) is 3.31. The molecule has 3 rings (SSSR count). The summed E-state index contributed by atoms with van der Waals surface area (Å²) >= 11 is 0. The van der Waals surface area contributed by atoms with Crippen LogP contribution < -0.4 is 10.0 Å². The number of rotatable bonds is 3. The number of nitrogens with zero attached hydrogens (tertiary/aromatic N) is 1. The first-order valence-electron chi connectivity index (χ1n) is 7.75. The zero-order valence-electron chi connectivity index (χ0n) is 12.3. The number of fused-ring (bicyclic) bond motifs is 1. The normalized spacial score (nSPS) is 20.6. The molecule has 0 atom stereocenters. The topological polar surface area (TPSA) is 61.4 Å². The van der Waals surface area contributed by atoms with Crippen LogP contribution in [-0.4, -0.2) is 32.4 Å². The fourth-order valence-corrected chi connectivity index (χ4v) is 4.33. The van der Waals surface area contributed by atoms with Crippen LogP contribution in [0.25, 0.3) is 0 Å². The Hall–Kier alpha value is -1.11. The van der Waals surface area contributed by atoms with Crippen LogP contribution in [0.4, 0.5) is 5.69 Å². The molecule has 0 aliphatic carbocycles. The van der Waals surface area contributed by atoms with Gasteiger partial charge in [-0.3, -0.25) is 4.72 Å². The van der Waals surface area contributed by atoms with Gasteiger partial charge in [0.15, 0.2) is 0 Å². The molecule has 116 valence electrons. The number of nitrogens with one attached hydrogen (secondary N) is 2. The van der Waals surface area contributed by atoms with Crippen LogP contribution in [0.2, 0.25) is 0 Å². The van der Waals surface area contributed by atoms with Crippen molar-refractivity contribution in [1.82, 2.24) is 9.62 Å². The molecule has 0 radical (unpaired) electrons. The minimum absolute atomic E-state index is 0.627.